The smallest absolute Gasteiger partial charge is 0.187 e. The Morgan fingerprint density at radius 3 is 2.38 bits per heavy atom. The summed E-state index contributed by atoms with van der Waals surface area (Å²) < 4.78 is 20.2. The van der Waals surface area contributed by atoms with Crippen molar-refractivity contribution in [1.82, 2.24) is 0 Å². The van der Waals surface area contributed by atoms with E-state index < -0.39 is 8.25 Å². The van der Waals surface area contributed by atoms with E-state index in [2.05, 4.69) is 11.1 Å². The van der Waals surface area contributed by atoms with Gasteiger partial charge in [-0.1, -0.05) is 39.0 Å². The second-order valence-corrected chi connectivity index (χ2v) is 5.17. The summed E-state index contributed by atoms with van der Waals surface area (Å²) in [4.78, 5) is 0. The Morgan fingerprint density at radius 1 is 1.15 bits per heavy atom. The van der Waals surface area contributed by atoms with E-state index in [1.807, 2.05) is 0 Å². The van der Waals surface area contributed by atoms with Crippen LogP contribution in [0.5, 0.6) is 0 Å². The maximum absolute atomic E-state index is 10.7. The minimum atomic E-state index is -1.79. The van der Waals surface area contributed by atoms with Gasteiger partial charge in [0.25, 0.3) is 0 Å². The molecule has 0 amide bonds. The second kappa shape index (κ2) is 10.3. The second-order valence-electron chi connectivity index (χ2n) is 3.01. The molecule has 0 aromatic rings. The highest BCUT2D eigenvalue weighted by molar-refractivity contribution is 7.34. The van der Waals surface area contributed by atoms with Crippen LogP contribution in [-0.4, -0.2) is 17.1 Å². The maximum Gasteiger partial charge on any atom is 0.684 e. The van der Waals surface area contributed by atoms with Crippen LogP contribution in [0.3, 0.4) is 0 Å². The molecule has 0 bridgehead atoms. The fraction of sp³-hybridized carbons (Fsp3) is 1.00. The predicted molar refractivity (Wildman–Crippen MR) is 58.0 cm³/mol. The van der Waals surface area contributed by atoms with Gasteiger partial charge in [-0.15, -0.1) is 4.52 Å². The Bertz CT molecular complexity index is 133. The Kier molecular flexibility index (Phi) is 10.5. The average Bonchev–Trinajstić information content (AvgIpc) is 2.16. The van der Waals surface area contributed by atoms with Crippen molar-refractivity contribution in [3.05, 3.63) is 0 Å². The van der Waals surface area contributed by atoms with Crippen molar-refractivity contribution in [1.29, 1.82) is 0 Å². The SMILES string of the molecule is CCCCCCCCO[P+](=O)O[SiH3]. The van der Waals surface area contributed by atoms with E-state index in [0.29, 0.717) is 17.1 Å². The first-order valence-electron chi connectivity index (χ1n) is 4.95. The highest BCUT2D eigenvalue weighted by Gasteiger charge is 2.14. The zero-order valence-electron chi connectivity index (χ0n) is 8.62. The molecule has 0 aliphatic carbocycles. The molecule has 0 spiro atoms. The lowest BCUT2D eigenvalue weighted by Gasteiger charge is -1.96. The topological polar surface area (TPSA) is 35.5 Å². The quantitative estimate of drug-likeness (QED) is 0.342. The van der Waals surface area contributed by atoms with Crippen molar-refractivity contribution in [3.8, 4) is 0 Å². The van der Waals surface area contributed by atoms with Crippen molar-refractivity contribution in [3.63, 3.8) is 0 Å². The first-order chi connectivity index (χ1) is 6.31. The Balaban J connectivity index is 2.95. The van der Waals surface area contributed by atoms with E-state index in [-0.39, 0.29) is 0 Å². The zero-order chi connectivity index (χ0) is 9.94. The molecule has 5 heteroatoms. The van der Waals surface area contributed by atoms with Crippen LogP contribution < -0.4 is 0 Å². The molecule has 1 unspecified atom stereocenters. The Morgan fingerprint density at radius 2 is 1.77 bits per heavy atom. The van der Waals surface area contributed by atoms with Gasteiger partial charge in [0.2, 0.25) is 10.5 Å². The standard InChI is InChI=1S/C8H20O3PSi/c1-2-3-4-5-6-7-8-10-12(9)11-13/h2-8H2,1,13H3/q+1. The summed E-state index contributed by atoms with van der Waals surface area (Å²) in [6.45, 7) is 2.78. The molecule has 0 radical (unpaired) electrons. The predicted octanol–water partition coefficient (Wildman–Crippen LogP) is 2.32. The van der Waals surface area contributed by atoms with Crippen molar-refractivity contribution < 1.29 is 13.3 Å². The van der Waals surface area contributed by atoms with Crippen LogP contribution in [0.25, 0.3) is 0 Å². The Labute approximate surface area is 84.7 Å². The van der Waals surface area contributed by atoms with E-state index in [4.69, 9.17) is 4.52 Å². The van der Waals surface area contributed by atoms with E-state index >= 15 is 0 Å². The van der Waals surface area contributed by atoms with Crippen molar-refractivity contribution in [2.45, 2.75) is 45.4 Å². The third-order valence-electron chi connectivity index (χ3n) is 1.84. The Hall–Kier alpha value is 0.237. The van der Waals surface area contributed by atoms with Gasteiger partial charge in [-0.05, 0) is 6.42 Å². The minimum absolute atomic E-state index is 0.485. The molecule has 3 nitrogen and oxygen atoms in total. The maximum atomic E-state index is 10.7. The van der Waals surface area contributed by atoms with Gasteiger partial charge >= 0.3 is 8.25 Å². The van der Waals surface area contributed by atoms with Crippen LogP contribution in [0, 0.1) is 0 Å². The first kappa shape index (κ1) is 13.2. The lowest BCUT2D eigenvalue weighted by Crippen LogP contribution is -1.88. The van der Waals surface area contributed by atoms with E-state index in [1.54, 1.807) is 0 Å². The lowest BCUT2D eigenvalue weighted by molar-refractivity contribution is 0.282. The van der Waals surface area contributed by atoms with Gasteiger partial charge in [0, 0.05) is 4.57 Å². The summed E-state index contributed by atoms with van der Waals surface area (Å²) in [5.41, 5.74) is 0. The number of unbranched alkanes of at least 4 members (excludes halogenated alkanes) is 5. The molecule has 0 saturated carbocycles. The van der Waals surface area contributed by atoms with Gasteiger partial charge in [-0.25, -0.2) is 0 Å². The molecular weight excluding hydrogens is 203 g/mol. The third kappa shape index (κ3) is 10.2. The highest BCUT2D eigenvalue weighted by atomic mass is 31.1. The molecule has 0 aromatic heterocycles. The summed E-state index contributed by atoms with van der Waals surface area (Å²) in [6.07, 6.45) is 7.32. The molecule has 0 aromatic carbocycles. The summed E-state index contributed by atoms with van der Waals surface area (Å²) in [5.74, 6) is 0. The fourth-order valence-corrected chi connectivity index (χ4v) is 1.77. The van der Waals surface area contributed by atoms with Gasteiger partial charge in [-0.2, -0.15) is 4.21 Å². The van der Waals surface area contributed by atoms with Crippen LogP contribution in [0.15, 0.2) is 0 Å². The van der Waals surface area contributed by atoms with Gasteiger partial charge in [0.15, 0.2) is 0 Å². The van der Waals surface area contributed by atoms with Gasteiger partial charge in [0.1, 0.15) is 6.61 Å². The first-order valence-corrected chi connectivity index (χ1v) is 6.86. The highest BCUT2D eigenvalue weighted by Crippen LogP contribution is 2.21. The largest absolute Gasteiger partial charge is 0.684 e. The molecule has 0 saturated heterocycles. The lowest BCUT2D eigenvalue weighted by atomic mass is 10.1. The molecule has 0 N–H and O–H groups in total. The summed E-state index contributed by atoms with van der Waals surface area (Å²) in [7, 11) is -1.31. The van der Waals surface area contributed by atoms with Gasteiger partial charge < -0.3 is 0 Å². The monoisotopic (exact) mass is 223 g/mol. The van der Waals surface area contributed by atoms with E-state index in [0.717, 1.165) is 6.42 Å². The number of hydrogen-bond donors (Lipinski definition) is 0. The summed E-state index contributed by atoms with van der Waals surface area (Å²) in [6, 6.07) is 0. The molecular formula is C8H20O3PSi+. The van der Waals surface area contributed by atoms with E-state index in [1.165, 1.54) is 32.1 Å². The fourth-order valence-electron chi connectivity index (χ4n) is 1.07. The summed E-state index contributed by atoms with van der Waals surface area (Å²) in [5, 5.41) is 0. The molecule has 0 aliphatic heterocycles. The van der Waals surface area contributed by atoms with Crippen LogP contribution >= 0.6 is 8.25 Å². The van der Waals surface area contributed by atoms with Crippen molar-refractivity contribution >= 4 is 18.7 Å². The summed E-state index contributed by atoms with van der Waals surface area (Å²) >= 11 is 0. The van der Waals surface area contributed by atoms with Crippen molar-refractivity contribution in [2.24, 2.45) is 0 Å². The zero-order valence-corrected chi connectivity index (χ0v) is 11.5. The van der Waals surface area contributed by atoms with Crippen LogP contribution in [0.2, 0.25) is 0 Å². The molecule has 1 atom stereocenters. The van der Waals surface area contributed by atoms with Gasteiger partial charge in [0.05, 0.1) is 0 Å². The van der Waals surface area contributed by atoms with Crippen LogP contribution in [-0.2, 0) is 13.3 Å². The number of rotatable bonds is 9. The molecule has 0 rings (SSSR count). The van der Waals surface area contributed by atoms with Crippen molar-refractivity contribution in [2.75, 3.05) is 6.61 Å². The van der Waals surface area contributed by atoms with Gasteiger partial charge in [-0.3, -0.25) is 0 Å². The molecule has 13 heavy (non-hydrogen) atoms. The average molecular weight is 223 g/mol. The third-order valence-corrected chi connectivity index (χ3v) is 3.43. The molecule has 0 fully saturated rings. The molecule has 0 heterocycles. The number of hydrogen-bond acceptors (Lipinski definition) is 3. The normalized spacial score (nSPS) is 11.9. The van der Waals surface area contributed by atoms with E-state index in [9.17, 15) is 4.57 Å². The van der Waals surface area contributed by atoms with Crippen LogP contribution in [0.4, 0.5) is 0 Å². The van der Waals surface area contributed by atoms with Crippen LogP contribution in [0.1, 0.15) is 45.4 Å². The molecule has 0 aliphatic rings. The minimum Gasteiger partial charge on any atom is -0.187 e. The molecule has 78 valence electrons.